The summed E-state index contributed by atoms with van der Waals surface area (Å²) < 4.78 is 15.6. The largest absolute Gasteiger partial charge is 0.454 e. The molecule has 150 valence electrons. The quantitative estimate of drug-likeness (QED) is 0.595. The fourth-order valence-electron chi connectivity index (χ4n) is 3.25. The lowest BCUT2D eigenvalue weighted by molar-refractivity contribution is -0.118. The van der Waals surface area contributed by atoms with Crippen molar-refractivity contribution in [2.75, 3.05) is 18.7 Å². The van der Waals surface area contributed by atoms with Crippen LogP contribution >= 0.6 is 0 Å². The second-order valence-electron chi connectivity index (χ2n) is 6.54. The number of rotatable bonds is 6. The Morgan fingerprint density at radius 1 is 1.17 bits per heavy atom. The van der Waals surface area contributed by atoms with Crippen LogP contribution in [0.3, 0.4) is 0 Å². The lowest BCUT2D eigenvalue weighted by Gasteiger charge is -2.18. The van der Waals surface area contributed by atoms with Crippen molar-refractivity contribution in [3.05, 3.63) is 54.2 Å². The lowest BCUT2D eigenvalue weighted by atomic mass is 10.0. The summed E-state index contributed by atoms with van der Waals surface area (Å²) in [7, 11) is 0. The van der Waals surface area contributed by atoms with E-state index >= 15 is 0 Å². The molecular weight excluding hydrogens is 374 g/mol. The van der Waals surface area contributed by atoms with Gasteiger partial charge >= 0.3 is 6.09 Å². The van der Waals surface area contributed by atoms with Crippen LogP contribution in [-0.2, 0) is 16.0 Å². The predicted molar refractivity (Wildman–Crippen MR) is 107 cm³/mol. The highest BCUT2D eigenvalue weighted by atomic mass is 16.7. The van der Waals surface area contributed by atoms with E-state index in [4.69, 9.17) is 14.2 Å². The topological polar surface area (TPSA) is 102 Å². The van der Waals surface area contributed by atoms with E-state index in [1.165, 1.54) is 0 Å². The smallest absolute Gasteiger partial charge is 0.407 e. The van der Waals surface area contributed by atoms with Crippen LogP contribution in [0.25, 0.3) is 10.9 Å². The summed E-state index contributed by atoms with van der Waals surface area (Å²) in [6.07, 6.45) is 1.51. The van der Waals surface area contributed by atoms with Gasteiger partial charge in [0.2, 0.25) is 12.7 Å². The van der Waals surface area contributed by atoms with Gasteiger partial charge < -0.3 is 29.8 Å². The third-order valence-electron chi connectivity index (χ3n) is 4.62. The van der Waals surface area contributed by atoms with Crippen molar-refractivity contribution in [3.63, 3.8) is 0 Å². The van der Waals surface area contributed by atoms with Crippen LogP contribution in [0, 0.1) is 0 Å². The van der Waals surface area contributed by atoms with E-state index in [-0.39, 0.29) is 19.3 Å². The minimum absolute atomic E-state index is 0.153. The third kappa shape index (κ3) is 4.11. The number of hydrogen-bond acceptors (Lipinski definition) is 5. The summed E-state index contributed by atoms with van der Waals surface area (Å²) >= 11 is 0. The normalized spacial score (nSPS) is 13.1. The van der Waals surface area contributed by atoms with Crippen LogP contribution in [-0.4, -0.2) is 36.4 Å². The number of carbonyl (C=O) groups excluding carboxylic acids is 2. The molecule has 0 spiro atoms. The molecule has 1 aromatic heterocycles. The molecule has 0 saturated heterocycles. The van der Waals surface area contributed by atoms with E-state index in [1.807, 2.05) is 30.5 Å². The molecule has 8 nitrogen and oxygen atoms in total. The van der Waals surface area contributed by atoms with E-state index in [0.717, 1.165) is 16.5 Å². The Kier molecular flexibility index (Phi) is 5.24. The van der Waals surface area contributed by atoms with Gasteiger partial charge in [-0.15, -0.1) is 0 Å². The second-order valence-corrected chi connectivity index (χ2v) is 6.54. The Morgan fingerprint density at radius 2 is 2.00 bits per heavy atom. The number of fused-ring (bicyclic) bond motifs is 2. The van der Waals surface area contributed by atoms with Crippen LogP contribution in [0.1, 0.15) is 12.5 Å². The highest BCUT2D eigenvalue weighted by Crippen LogP contribution is 2.34. The monoisotopic (exact) mass is 395 g/mol. The van der Waals surface area contributed by atoms with Crippen molar-refractivity contribution in [2.45, 2.75) is 19.4 Å². The number of ether oxygens (including phenoxy) is 3. The number of H-pyrrole nitrogens is 1. The van der Waals surface area contributed by atoms with E-state index in [1.54, 1.807) is 25.1 Å². The van der Waals surface area contributed by atoms with Crippen LogP contribution in [0.4, 0.5) is 10.5 Å². The van der Waals surface area contributed by atoms with Crippen molar-refractivity contribution in [3.8, 4) is 11.5 Å². The van der Waals surface area contributed by atoms with E-state index in [0.29, 0.717) is 23.6 Å². The van der Waals surface area contributed by atoms with Gasteiger partial charge in [0.1, 0.15) is 6.04 Å². The first-order valence-corrected chi connectivity index (χ1v) is 9.33. The highest BCUT2D eigenvalue weighted by molar-refractivity contribution is 5.97. The van der Waals surface area contributed by atoms with Crippen molar-refractivity contribution < 1.29 is 23.8 Å². The molecule has 1 aliphatic heterocycles. The summed E-state index contributed by atoms with van der Waals surface area (Å²) in [4.78, 5) is 28.1. The van der Waals surface area contributed by atoms with E-state index in [9.17, 15) is 9.59 Å². The molecule has 0 unspecified atom stereocenters. The Bertz CT molecular complexity index is 1050. The lowest BCUT2D eigenvalue weighted by Crippen LogP contribution is -2.45. The number of aromatic amines is 1. The SMILES string of the molecule is CCOC(=O)N[C@H](Cc1c[nH]c2ccccc12)C(=O)Nc1ccc2c(c1)OCO2. The maximum atomic E-state index is 13.0. The van der Waals surface area contributed by atoms with Crippen LogP contribution in [0.15, 0.2) is 48.7 Å². The number of carbonyl (C=O) groups is 2. The number of amides is 2. The summed E-state index contributed by atoms with van der Waals surface area (Å²) in [6, 6.07) is 12.1. The molecule has 0 radical (unpaired) electrons. The number of anilines is 1. The van der Waals surface area contributed by atoms with Crippen molar-refractivity contribution in [1.29, 1.82) is 0 Å². The molecule has 8 heteroatoms. The predicted octanol–water partition coefficient (Wildman–Crippen LogP) is 3.19. The maximum absolute atomic E-state index is 13.0. The van der Waals surface area contributed by atoms with Gasteiger partial charge in [0.25, 0.3) is 0 Å². The van der Waals surface area contributed by atoms with Gasteiger partial charge in [0.15, 0.2) is 11.5 Å². The van der Waals surface area contributed by atoms with Crippen molar-refractivity contribution >= 4 is 28.6 Å². The second kappa shape index (κ2) is 8.14. The number of alkyl carbamates (subject to hydrolysis) is 1. The third-order valence-corrected chi connectivity index (χ3v) is 4.62. The van der Waals surface area contributed by atoms with Gasteiger partial charge in [0, 0.05) is 35.3 Å². The molecule has 1 atom stereocenters. The first kappa shape index (κ1) is 18.7. The van der Waals surface area contributed by atoms with Crippen LogP contribution in [0.2, 0.25) is 0 Å². The van der Waals surface area contributed by atoms with Crippen LogP contribution < -0.4 is 20.1 Å². The van der Waals surface area contributed by atoms with Gasteiger partial charge in [-0.05, 0) is 30.7 Å². The molecule has 0 bridgehead atoms. The Labute approximate surface area is 167 Å². The molecule has 0 fully saturated rings. The average Bonchev–Trinajstić information content (AvgIpc) is 3.34. The average molecular weight is 395 g/mol. The standard InChI is InChI=1S/C21H21N3O5/c1-2-27-21(26)24-17(9-13-11-22-16-6-4-3-5-15(13)16)20(25)23-14-7-8-18-19(10-14)29-12-28-18/h3-8,10-11,17,22H,2,9,12H2,1H3,(H,23,25)(H,24,26)/t17-/m1/s1. The molecule has 0 aliphatic carbocycles. The highest BCUT2D eigenvalue weighted by Gasteiger charge is 2.24. The van der Waals surface area contributed by atoms with Gasteiger partial charge in [-0.1, -0.05) is 18.2 Å². The summed E-state index contributed by atoms with van der Waals surface area (Å²) in [5, 5.41) is 6.47. The zero-order chi connectivity index (χ0) is 20.2. The van der Waals surface area contributed by atoms with Crippen molar-refractivity contribution in [2.24, 2.45) is 0 Å². The van der Waals surface area contributed by atoms with Gasteiger partial charge in [-0.3, -0.25) is 4.79 Å². The van der Waals surface area contributed by atoms with Gasteiger partial charge in [0.05, 0.1) is 6.61 Å². The number of para-hydroxylation sites is 1. The minimum atomic E-state index is -0.821. The Morgan fingerprint density at radius 3 is 2.86 bits per heavy atom. The van der Waals surface area contributed by atoms with Crippen LogP contribution in [0.5, 0.6) is 11.5 Å². The summed E-state index contributed by atoms with van der Waals surface area (Å²) in [5.74, 6) is 0.833. The maximum Gasteiger partial charge on any atom is 0.407 e. The number of hydrogen-bond donors (Lipinski definition) is 3. The van der Waals surface area contributed by atoms with E-state index in [2.05, 4.69) is 15.6 Å². The first-order valence-electron chi connectivity index (χ1n) is 9.33. The molecule has 0 saturated carbocycles. The summed E-state index contributed by atoms with van der Waals surface area (Å²) in [6.45, 7) is 2.08. The number of aromatic nitrogens is 1. The molecular formula is C21H21N3O5. The first-order chi connectivity index (χ1) is 14.1. The number of nitrogens with one attached hydrogen (secondary N) is 3. The molecule has 4 rings (SSSR count). The molecule has 1 aliphatic rings. The zero-order valence-electron chi connectivity index (χ0n) is 15.9. The van der Waals surface area contributed by atoms with Gasteiger partial charge in [-0.25, -0.2) is 4.79 Å². The van der Waals surface area contributed by atoms with Crippen molar-refractivity contribution in [1.82, 2.24) is 10.3 Å². The molecule has 2 aromatic carbocycles. The fourth-order valence-corrected chi connectivity index (χ4v) is 3.25. The minimum Gasteiger partial charge on any atom is -0.454 e. The fraction of sp³-hybridized carbons (Fsp3) is 0.238. The van der Waals surface area contributed by atoms with Gasteiger partial charge in [-0.2, -0.15) is 0 Å². The Hall–Kier alpha value is -3.68. The van der Waals surface area contributed by atoms with E-state index < -0.39 is 12.1 Å². The molecule has 29 heavy (non-hydrogen) atoms. The Balaban J connectivity index is 1.54. The molecule has 2 heterocycles. The molecule has 3 aromatic rings. The molecule has 2 amide bonds. The number of benzene rings is 2. The molecule has 3 N–H and O–H groups in total. The summed E-state index contributed by atoms with van der Waals surface area (Å²) in [5.41, 5.74) is 2.44. The zero-order valence-corrected chi connectivity index (χ0v) is 15.9.